The zero-order valence-electron chi connectivity index (χ0n) is 16.1. The Labute approximate surface area is 165 Å². The summed E-state index contributed by atoms with van der Waals surface area (Å²) in [5.41, 5.74) is 0.261. The fraction of sp³-hybridized carbons (Fsp3) is 0.632. The molecule has 3 aliphatic rings. The standard InChI is InChI=1S/C19H27N3O5S/c1-14(24)22-9-10-27-17-4-3-15(11-16(17)22)28(25,26)21-8-6-19(13-23)5-2-7-20-18(19)12-21/h3-4,11,18,20,23H,2,5-10,12-13H2,1H3/t18-,19-/m1/s1. The number of sulfonamides is 1. The lowest BCUT2D eigenvalue weighted by molar-refractivity contribution is -0.116. The molecule has 0 saturated carbocycles. The molecule has 0 unspecified atom stereocenters. The average molecular weight is 410 g/mol. The SMILES string of the molecule is CC(=O)N1CCOc2ccc(S(=O)(=O)N3CC[C@@]4(CO)CCCN[C@@H]4C3)cc21. The van der Waals surface area contributed by atoms with Crippen molar-refractivity contribution < 1.29 is 23.1 Å². The first-order valence-corrected chi connectivity index (χ1v) is 11.2. The number of carbonyl (C=O) groups excluding carboxylic acids is 1. The van der Waals surface area contributed by atoms with Gasteiger partial charge in [-0.05, 0) is 44.0 Å². The molecule has 0 aromatic heterocycles. The van der Waals surface area contributed by atoms with Gasteiger partial charge in [0.05, 0.1) is 23.7 Å². The van der Waals surface area contributed by atoms with Crippen LogP contribution in [0.4, 0.5) is 5.69 Å². The molecule has 0 aliphatic carbocycles. The summed E-state index contributed by atoms with van der Waals surface area (Å²) in [5.74, 6) is 0.378. The number of piperidine rings is 2. The third-order valence-electron chi connectivity index (χ3n) is 6.35. The zero-order valence-corrected chi connectivity index (χ0v) is 16.9. The van der Waals surface area contributed by atoms with Gasteiger partial charge < -0.3 is 20.1 Å². The van der Waals surface area contributed by atoms with Crippen LogP contribution in [-0.2, 0) is 14.8 Å². The summed E-state index contributed by atoms with van der Waals surface area (Å²) in [5, 5.41) is 13.3. The third kappa shape index (κ3) is 3.20. The van der Waals surface area contributed by atoms with Crippen LogP contribution in [0.15, 0.2) is 23.1 Å². The van der Waals surface area contributed by atoms with Crippen LogP contribution in [0.25, 0.3) is 0 Å². The number of fused-ring (bicyclic) bond motifs is 2. The molecule has 0 bridgehead atoms. The highest BCUT2D eigenvalue weighted by atomic mass is 32.2. The number of anilines is 1. The van der Waals surface area contributed by atoms with E-state index in [-0.39, 0.29) is 28.9 Å². The van der Waals surface area contributed by atoms with Crippen LogP contribution in [0.3, 0.4) is 0 Å². The fourth-order valence-electron chi connectivity index (χ4n) is 4.63. The maximum Gasteiger partial charge on any atom is 0.243 e. The normalized spacial score (nSPS) is 28.2. The summed E-state index contributed by atoms with van der Waals surface area (Å²) in [6.07, 6.45) is 2.54. The molecule has 1 aromatic rings. The first-order chi connectivity index (χ1) is 13.4. The van der Waals surface area contributed by atoms with E-state index in [1.54, 1.807) is 17.0 Å². The number of hydrogen-bond acceptors (Lipinski definition) is 6. The molecule has 4 rings (SSSR count). The molecular formula is C19H27N3O5S. The van der Waals surface area contributed by atoms with E-state index in [1.165, 1.54) is 17.3 Å². The molecule has 2 saturated heterocycles. The number of ether oxygens (including phenoxy) is 1. The summed E-state index contributed by atoms with van der Waals surface area (Å²) in [6.45, 7) is 3.89. The Hall–Kier alpha value is -1.68. The van der Waals surface area contributed by atoms with Gasteiger partial charge in [-0.2, -0.15) is 4.31 Å². The number of nitrogens with one attached hydrogen (secondary N) is 1. The molecule has 9 heteroatoms. The second-order valence-electron chi connectivity index (χ2n) is 7.89. The van der Waals surface area contributed by atoms with Crippen molar-refractivity contribution in [2.75, 3.05) is 44.3 Å². The van der Waals surface area contributed by atoms with Gasteiger partial charge in [-0.1, -0.05) is 0 Å². The molecule has 28 heavy (non-hydrogen) atoms. The lowest BCUT2D eigenvalue weighted by atomic mass is 9.70. The van der Waals surface area contributed by atoms with E-state index < -0.39 is 10.0 Å². The Kier molecular flexibility index (Phi) is 5.11. The van der Waals surface area contributed by atoms with Crippen LogP contribution in [0.5, 0.6) is 5.75 Å². The van der Waals surface area contributed by atoms with Gasteiger partial charge in [0.25, 0.3) is 0 Å². The highest BCUT2D eigenvalue weighted by Crippen LogP contribution is 2.40. The van der Waals surface area contributed by atoms with E-state index >= 15 is 0 Å². The zero-order chi connectivity index (χ0) is 19.9. The first kappa shape index (κ1) is 19.6. The molecule has 1 aromatic carbocycles. The van der Waals surface area contributed by atoms with Gasteiger partial charge in [-0.25, -0.2) is 8.42 Å². The molecule has 2 fully saturated rings. The predicted molar refractivity (Wildman–Crippen MR) is 104 cm³/mol. The summed E-state index contributed by atoms with van der Waals surface area (Å²) >= 11 is 0. The van der Waals surface area contributed by atoms with Crippen molar-refractivity contribution >= 4 is 21.6 Å². The van der Waals surface area contributed by atoms with E-state index in [4.69, 9.17) is 4.74 Å². The van der Waals surface area contributed by atoms with Gasteiger partial charge in [0.15, 0.2) is 0 Å². The van der Waals surface area contributed by atoms with E-state index in [2.05, 4.69) is 5.32 Å². The van der Waals surface area contributed by atoms with Crippen molar-refractivity contribution in [1.82, 2.24) is 9.62 Å². The molecule has 3 aliphatic heterocycles. The van der Waals surface area contributed by atoms with Crippen molar-refractivity contribution in [1.29, 1.82) is 0 Å². The number of aliphatic hydroxyl groups excluding tert-OH is 1. The molecule has 0 radical (unpaired) electrons. The van der Waals surface area contributed by atoms with Gasteiger partial charge in [-0.15, -0.1) is 0 Å². The smallest absolute Gasteiger partial charge is 0.243 e. The first-order valence-electron chi connectivity index (χ1n) is 9.77. The third-order valence-corrected chi connectivity index (χ3v) is 8.21. The van der Waals surface area contributed by atoms with Crippen molar-refractivity contribution in [2.45, 2.75) is 37.1 Å². The van der Waals surface area contributed by atoms with Crippen LogP contribution >= 0.6 is 0 Å². The highest BCUT2D eigenvalue weighted by molar-refractivity contribution is 7.89. The van der Waals surface area contributed by atoms with Gasteiger partial charge in [0.1, 0.15) is 12.4 Å². The lowest BCUT2D eigenvalue weighted by Gasteiger charge is -2.49. The van der Waals surface area contributed by atoms with Crippen molar-refractivity contribution in [2.24, 2.45) is 5.41 Å². The minimum absolute atomic E-state index is 0.0514. The summed E-state index contributed by atoms with van der Waals surface area (Å²) in [7, 11) is -3.71. The molecular weight excluding hydrogens is 382 g/mol. The molecule has 3 heterocycles. The molecule has 2 atom stereocenters. The molecule has 2 N–H and O–H groups in total. The maximum absolute atomic E-state index is 13.3. The maximum atomic E-state index is 13.3. The minimum atomic E-state index is -3.71. The van der Waals surface area contributed by atoms with Gasteiger partial charge in [-0.3, -0.25) is 4.79 Å². The number of hydrogen-bond donors (Lipinski definition) is 2. The highest BCUT2D eigenvalue weighted by Gasteiger charge is 2.46. The van der Waals surface area contributed by atoms with Crippen molar-refractivity contribution in [3.8, 4) is 5.75 Å². The average Bonchev–Trinajstić information content (AvgIpc) is 2.72. The number of carbonyl (C=O) groups is 1. The summed E-state index contributed by atoms with van der Waals surface area (Å²) in [4.78, 5) is 13.6. The molecule has 0 spiro atoms. The second-order valence-corrected chi connectivity index (χ2v) is 9.83. The molecule has 154 valence electrons. The largest absolute Gasteiger partial charge is 0.490 e. The predicted octanol–water partition coefficient (Wildman–Crippen LogP) is 0.557. The number of aliphatic hydroxyl groups is 1. The number of rotatable bonds is 3. The Morgan fingerprint density at radius 2 is 2.18 bits per heavy atom. The van der Waals surface area contributed by atoms with Gasteiger partial charge in [0.2, 0.25) is 15.9 Å². The Morgan fingerprint density at radius 1 is 1.36 bits per heavy atom. The van der Waals surface area contributed by atoms with Crippen LogP contribution < -0.4 is 15.0 Å². The molecule has 8 nitrogen and oxygen atoms in total. The fourth-order valence-corrected chi connectivity index (χ4v) is 6.10. The Bertz CT molecular complexity index is 874. The quantitative estimate of drug-likeness (QED) is 0.757. The number of nitrogens with zero attached hydrogens (tertiary/aromatic N) is 2. The Morgan fingerprint density at radius 3 is 2.93 bits per heavy atom. The van der Waals surface area contributed by atoms with Crippen LogP contribution in [0.2, 0.25) is 0 Å². The minimum Gasteiger partial charge on any atom is -0.490 e. The van der Waals surface area contributed by atoms with Gasteiger partial charge in [0, 0.05) is 31.5 Å². The van der Waals surface area contributed by atoms with Gasteiger partial charge >= 0.3 is 0 Å². The van der Waals surface area contributed by atoms with E-state index in [9.17, 15) is 18.3 Å². The lowest BCUT2D eigenvalue weighted by Crippen LogP contribution is -2.61. The van der Waals surface area contributed by atoms with Crippen molar-refractivity contribution in [3.05, 3.63) is 18.2 Å². The Balaban J connectivity index is 1.62. The summed E-state index contributed by atoms with van der Waals surface area (Å²) in [6, 6.07) is 4.65. The van der Waals surface area contributed by atoms with Crippen LogP contribution in [-0.4, -0.2) is 69.2 Å². The molecule has 1 amide bonds. The van der Waals surface area contributed by atoms with E-state index in [0.717, 1.165) is 19.4 Å². The van der Waals surface area contributed by atoms with E-state index in [1.807, 2.05) is 0 Å². The van der Waals surface area contributed by atoms with E-state index in [0.29, 0.717) is 44.1 Å². The second kappa shape index (κ2) is 7.29. The van der Waals surface area contributed by atoms with Crippen LogP contribution in [0.1, 0.15) is 26.2 Å². The van der Waals surface area contributed by atoms with Crippen LogP contribution in [0, 0.1) is 5.41 Å². The van der Waals surface area contributed by atoms with Crippen molar-refractivity contribution in [3.63, 3.8) is 0 Å². The number of amides is 1. The number of benzene rings is 1. The topological polar surface area (TPSA) is 99.2 Å². The monoisotopic (exact) mass is 409 g/mol. The summed E-state index contributed by atoms with van der Waals surface area (Å²) < 4.78 is 33.7.